The largest absolute Gasteiger partial charge is 0.409 e. The molecule has 4 heteroatoms. The molecular weight excluding hydrogens is 144 g/mol. The molecule has 66 valence electrons. The molecule has 0 saturated carbocycles. The summed E-state index contributed by atoms with van der Waals surface area (Å²) in [5.74, 6) is 0.103. The molecule has 0 atom stereocenters. The van der Waals surface area contributed by atoms with E-state index < -0.39 is 0 Å². The van der Waals surface area contributed by atoms with Gasteiger partial charge in [-0.05, 0) is 20.3 Å². The molecule has 0 aliphatic rings. The van der Waals surface area contributed by atoms with Crippen molar-refractivity contribution in [2.24, 2.45) is 10.9 Å². The van der Waals surface area contributed by atoms with Crippen molar-refractivity contribution < 1.29 is 9.94 Å². The lowest BCUT2D eigenvalue weighted by molar-refractivity contribution is 0.00133. The Morgan fingerprint density at radius 3 is 2.55 bits per heavy atom. The van der Waals surface area contributed by atoms with Gasteiger partial charge < -0.3 is 15.7 Å². The van der Waals surface area contributed by atoms with E-state index in [9.17, 15) is 0 Å². The van der Waals surface area contributed by atoms with E-state index in [4.69, 9.17) is 15.7 Å². The second-order valence-corrected chi connectivity index (χ2v) is 2.99. The zero-order valence-electron chi connectivity index (χ0n) is 7.29. The van der Waals surface area contributed by atoms with Crippen LogP contribution in [0.4, 0.5) is 0 Å². The average molecular weight is 160 g/mol. The Balaban J connectivity index is 3.70. The summed E-state index contributed by atoms with van der Waals surface area (Å²) in [6.07, 6.45) is 0.895. The van der Waals surface area contributed by atoms with Gasteiger partial charge >= 0.3 is 0 Å². The fraction of sp³-hybridized carbons (Fsp3) is 0.857. The van der Waals surface area contributed by atoms with Crippen LogP contribution in [0.25, 0.3) is 0 Å². The Hall–Kier alpha value is -0.770. The summed E-state index contributed by atoms with van der Waals surface area (Å²) >= 11 is 0. The zero-order valence-corrected chi connectivity index (χ0v) is 7.29. The number of hydrogen-bond donors (Lipinski definition) is 2. The van der Waals surface area contributed by atoms with Crippen LogP contribution in [0, 0.1) is 0 Å². The number of amidine groups is 1. The molecule has 0 aromatic carbocycles. The van der Waals surface area contributed by atoms with Crippen molar-refractivity contribution in [2.45, 2.75) is 32.8 Å². The fourth-order valence-electron chi connectivity index (χ4n) is 0.400. The number of nitrogens with two attached hydrogens (primary N) is 1. The molecule has 0 aromatic rings. The first kappa shape index (κ1) is 10.2. The minimum absolute atomic E-state index is 0.103. The van der Waals surface area contributed by atoms with Crippen molar-refractivity contribution in [2.75, 3.05) is 6.61 Å². The molecule has 0 amide bonds. The lowest BCUT2D eigenvalue weighted by Gasteiger charge is -2.22. The molecule has 0 saturated heterocycles. The molecule has 0 aromatic heterocycles. The van der Waals surface area contributed by atoms with E-state index in [0.717, 1.165) is 6.42 Å². The monoisotopic (exact) mass is 160 g/mol. The van der Waals surface area contributed by atoms with E-state index in [-0.39, 0.29) is 18.0 Å². The molecule has 0 heterocycles. The topological polar surface area (TPSA) is 67.8 Å². The first-order valence-electron chi connectivity index (χ1n) is 3.62. The summed E-state index contributed by atoms with van der Waals surface area (Å²) in [7, 11) is 0. The number of ether oxygens (including phenoxy) is 1. The van der Waals surface area contributed by atoms with Crippen LogP contribution in [0.3, 0.4) is 0 Å². The van der Waals surface area contributed by atoms with Crippen molar-refractivity contribution in [3.8, 4) is 0 Å². The summed E-state index contributed by atoms with van der Waals surface area (Å²) in [5, 5.41) is 11.0. The van der Waals surface area contributed by atoms with Gasteiger partial charge in [-0.2, -0.15) is 0 Å². The highest BCUT2D eigenvalue weighted by molar-refractivity contribution is 5.80. The predicted molar refractivity (Wildman–Crippen MR) is 43.7 cm³/mol. The van der Waals surface area contributed by atoms with E-state index >= 15 is 0 Å². The van der Waals surface area contributed by atoms with Crippen molar-refractivity contribution in [1.29, 1.82) is 0 Å². The van der Waals surface area contributed by atoms with E-state index in [1.54, 1.807) is 0 Å². The highest BCUT2D eigenvalue weighted by atomic mass is 16.5. The van der Waals surface area contributed by atoms with Crippen molar-refractivity contribution in [3.05, 3.63) is 0 Å². The first-order chi connectivity index (χ1) is 5.02. The SMILES string of the molecule is CCC(C)(C)OC/C(N)=N/O. The third kappa shape index (κ3) is 4.61. The second kappa shape index (κ2) is 4.18. The molecule has 3 N–H and O–H groups in total. The lowest BCUT2D eigenvalue weighted by Crippen LogP contribution is -2.29. The summed E-state index contributed by atoms with van der Waals surface area (Å²) in [6, 6.07) is 0. The van der Waals surface area contributed by atoms with Gasteiger partial charge in [-0.3, -0.25) is 0 Å². The van der Waals surface area contributed by atoms with Crippen LogP contribution in [0.15, 0.2) is 5.16 Å². The van der Waals surface area contributed by atoms with Crippen LogP contribution in [0.1, 0.15) is 27.2 Å². The van der Waals surface area contributed by atoms with E-state index in [2.05, 4.69) is 5.16 Å². The van der Waals surface area contributed by atoms with Gasteiger partial charge in [0.25, 0.3) is 0 Å². The Morgan fingerprint density at radius 1 is 1.64 bits per heavy atom. The molecular formula is C7H16N2O2. The summed E-state index contributed by atoms with van der Waals surface area (Å²) in [6.45, 7) is 6.11. The molecule has 0 bridgehead atoms. The van der Waals surface area contributed by atoms with Gasteiger partial charge in [-0.1, -0.05) is 12.1 Å². The van der Waals surface area contributed by atoms with Crippen LogP contribution < -0.4 is 5.73 Å². The van der Waals surface area contributed by atoms with Crippen LogP contribution in [-0.4, -0.2) is 23.3 Å². The Bertz CT molecular complexity index is 143. The molecule has 11 heavy (non-hydrogen) atoms. The van der Waals surface area contributed by atoms with Crippen LogP contribution >= 0.6 is 0 Å². The highest BCUT2D eigenvalue weighted by Crippen LogP contribution is 2.12. The van der Waals surface area contributed by atoms with E-state index in [0.29, 0.717) is 0 Å². The molecule has 0 spiro atoms. The standard InChI is InChI=1S/C7H16N2O2/c1-4-7(2,3)11-5-6(8)9-10/h10H,4-5H2,1-3H3,(H2,8,9). The first-order valence-corrected chi connectivity index (χ1v) is 3.62. The van der Waals surface area contributed by atoms with Crippen LogP contribution in [0.2, 0.25) is 0 Å². The van der Waals surface area contributed by atoms with Crippen LogP contribution in [-0.2, 0) is 4.74 Å². The quantitative estimate of drug-likeness (QED) is 0.278. The van der Waals surface area contributed by atoms with Gasteiger partial charge in [-0.15, -0.1) is 0 Å². The van der Waals surface area contributed by atoms with Crippen molar-refractivity contribution in [3.63, 3.8) is 0 Å². The number of oxime groups is 1. The Labute approximate surface area is 67.0 Å². The molecule has 0 unspecified atom stereocenters. The van der Waals surface area contributed by atoms with Gasteiger partial charge in [0.2, 0.25) is 0 Å². The summed E-state index contributed by atoms with van der Waals surface area (Å²) in [5.41, 5.74) is 5.01. The molecule has 0 radical (unpaired) electrons. The van der Waals surface area contributed by atoms with Crippen molar-refractivity contribution in [1.82, 2.24) is 0 Å². The summed E-state index contributed by atoms with van der Waals surface area (Å²) < 4.78 is 5.32. The molecule has 4 nitrogen and oxygen atoms in total. The Morgan fingerprint density at radius 2 is 2.18 bits per heavy atom. The number of nitrogens with zero attached hydrogens (tertiary/aromatic N) is 1. The molecule has 0 aliphatic carbocycles. The summed E-state index contributed by atoms with van der Waals surface area (Å²) in [4.78, 5) is 0. The van der Waals surface area contributed by atoms with Crippen molar-refractivity contribution >= 4 is 5.84 Å². The molecule has 0 fully saturated rings. The zero-order chi connectivity index (χ0) is 8.91. The Kier molecular flexibility index (Phi) is 3.89. The van der Waals surface area contributed by atoms with E-state index in [1.807, 2.05) is 20.8 Å². The maximum absolute atomic E-state index is 8.19. The molecule has 0 aliphatic heterocycles. The number of rotatable bonds is 4. The normalized spacial score (nSPS) is 13.5. The fourth-order valence-corrected chi connectivity index (χ4v) is 0.400. The molecule has 0 rings (SSSR count). The second-order valence-electron chi connectivity index (χ2n) is 2.99. The highest BCUT2D eigenvalue weighted by Gasteiger charge is 2.15. The predicted octanol–water partition coefficient (Wildman–Crippen LogP) is 0.938. The maximum atomic E-state index is 8.19. The third-order valence-corrected chi connectivity index (χ3v) is 1.59. The minimum Gasteiger partial charge on any atom is -0.409 e. The van der Waals surface area contributed by atoms with Gasteiger partial charge in [0, 0.05) is 0 Å². The van der Waals surface area contributed by atoms with Gasteiger partial charge in [0.1, 0.15) is 6.61 Å². The number of hydrogen-bond acceptors (Lipinski definition) is 3. The third-order valence-electron chi connectivity index (χ3n) is 1.59. The van der Waals surface area contributed by atoms with Gasteiger partial charge in [-0.25, -0.2) is 0 Å². The minimum atomic E-state index is -0.199. The van der Waals surface area contributed by atoms with Crippen LogP contribution in [0.5, 0.6) is 0 Å². The average Bonchev–Trinajstić information content (AvgIpc) is 2.00. The van der Waals surface area contributed by atoms with Gasteiger partial charge in [0.05, 0.1) is 5.60 Å². The maximum Gasteiger partial charge on any atom is 0.165 e. The lowest BCUT2D eigenvalue weighted by atomic mass is 10.1. The van der Waals surface area contributed by atoms with E-state index in [1.165, 1.54) is 0 Å². The van der Waals surface area contributed by atoms with Gasteiger partial charge in [0.15, 0.2) is 5.84 Å². The smallest absolute Gasteiger partial charge is 0.165 e.